The Bertz CT molecular complexity index is 1120. The van der Waals surface area contributed by atoms with E-state index in [0.29, 0.717) is 5.70 Å². The molecule has 1 amide bonds. The number of hydrogen-bond acceptors (Lipinski definition) is 3. The molecule has 0 saturated carbocycles. The standard InChI is InChI=1S/C28H30N2O2/c1-4-5-16-32-25-14-12-22(13-15-25)27-19-26(29-23-10-6-8-20(2)17-23)28(31)30(27)24-11-7-9-21(3)18-24/h6-15,17-19,27,29H,4-5,16H2,1-3H3/t27-/m1/s1. The lowest BCUT2D eigenvalue weighted by Crippen LogP contribution is -2.30. The number of aryl methyl sites for hydroxylation is 2. The quantitative estimate of drug-likeness (QED) is 0.414. The molecule has 0 saturated heterocycles. The van der Waals surface area contributed by atoms with Crippen LogP contribution in [0.15, 0.2) is 84.6 Å². The maximum Gasteiger partial charge on any atom is 0.275 e. The number of carbonyl (C=O) groups excluding carboxylic acids is 1. The van der Waals surface area contributed by atoms with E-state index < -0.39 is 0 Å². The summed E-state index contributed by atoms with van der Waals surface area (Å²) in [4.78, 5) is 15.4. The number of unbranched alkanes of at least 4 members (excludes halogenated alkanes) is 1. The van der Waals surface area contributed by atoms with E-state index in [0.717, 1.165) is 53.3 Å². The highest BCUT2D eigenvalue weighted by Crippen LogP contribution is 2.37. The minimum absolute atomic E-state index is 0.0367. The zero-order chi connectivity index (χ0) is 22.5. The van der Waals surface area contributed by atoms with E-state index in [1.54, 1.807) is 0 Å². The first-order chi connectivity index (χ1) is 15.5. The molecule has 4 rings (SSSR count). The minimum atomic E-state index is -0.193. The Morgan fingerprint density at radius 2 is 1.66 bits per heavy atom. The zero-order valence-electron chi connectivity index (χ0n) is 19.0. The summed E-state index contributed by atoms with van der Waals surface area (Å²) in [5, 5.41) is 3.34. The number of hydrogen-bond donors (Lipinski definition) is 1. The van der Waals surface area contributed by atoms with Gasteiger partial charge >= 0.3 is 0 Å². The summed E-state index contributed by atoms with van der Waals surface area (Å²) in [7, 11) is 0. The van der Waals surface area contributed by atoms with Crippen molar-refractivity contribution in [3.63, 3.8) is 0 Å². The molecule has 4 heteroatoms. The van der Waals surface area contributed by atoms with Crippen LogP contribution in [0.3, 0.4) is 0 Å². The van der Waals surface area contributed by atoms with Crippen molar-refractivity contribution in [2.45, 2.75) is 39.7 Å². The molecule has 0 spiro atoms. The fraction of sp³-hybridized carbons (Fsp3) is 0.250. The van der Waals surface area contributed by atoms with E-state index in [2.05, 4.69) is 18.3 Å². The van der Waals surface area contributed by atoms with Gasteiger partial charge in [-0.2, -0.15) is 0 Å². The van der Waals surface area contributed by atoms with Crippen molar-refractivity contribution in [2.24, 2.45) is 0 Å². The van der Waals surface area contributed by atoms with Crippen molar-refractivity contribution < 1.29 is 9.53 Å². The molecule has 3 aromatic rings. The molecule has 3 aromatic carbocycles. The van der Waals surface area contributed by atoms with Gasteiger partial charge in [0.1, 0.15) is 11.4 Å². The maximum atomic E-state index is 13.5. The van der Waals surface area contributed by atoms with Gasteiger partial charge in [-0.3, -0.25) is 9.69 Å². The van der Waals surface area contributed by atoms with Crippen molar-refractivity contribution in [3.05, 3.63) is 101 Å². The monoisotopic (exact) mass is 426 g/mol. The van der Waals surface area contributed by atoms with Crippen LogP contribution < -0.4 is 15.0 Å². The van der Waals surface area contributed by atoms with Gasteiger partial charge in [-0.25, -0.2) is 0 Å². The van der Waals surface area contributed by atoms with Crippen molar-refractivity contribution in [1.82, 2.24) is 0 Å². The Balaban J connectivity index is 1.65. The molecule has 1 N–H and O–H groups in total. The number of rotatable bonds is 8. The topological polar surface area (TPSA) is 41.6 Å². The lowest BCUT2D eigenvalue weighted by molar-refractivity contribution is -0.114. The Hall–Kier alpha value is -3.53. The van der Waals surface area contributed by atoms with Crippen molar-refractivity contribution in [2.75, 3.05) is 16.8 Å². The number of anilines is 2. The molecule has 1 aliphatic heterocycles. The second kappa shape index (κ2) is 9.73. The molecular weight excluding hydrogens is 396 g/mol. The molecule has 32 heavy (non-hydrogen) atoms. The first-order valence-electron chi connectivity index (χ1n) is 11.2. The first kappa shape index (κ1) is 21.7. The van der Waals surface area contributed by atoms with Crippen LogP contribution in [0.1, 0.15) is 42.5 Å². The van der Waals surface area contributed by atoms with Crippen LogP contribution in [0, 0.1) is 13.8 Å². The van der Waals surface area contributed by atoms with Gasteiger partial charge in [0.05, 0.1) is 12.6 Å². The molecule has 0 aliphatic carbocycles. The number of carbonyl (C=O) groups is 1. The predicted octanol–water partition coefficient (Wildman–Crippen LogP) is 6.57. The maximum absolute atomic E-state index is 13.5. The third-order valence-electron chi connectivity index (χ3n) is 5.62. The van der Waals surface area contributed by atoms with Crippen LogP contribution in [0.25, 0.3) is 0 Å². The van der Waals surface area contributed by atoms with Gasteiger partial charge in [0, 0.05) is 11.4 Å². The van der Waals surface area contributed by atoms with Crippen molar-refractivity contribution >= 4 is 17.3 Å². The van der Waals surface area contributed by atoms with Crippen molar-refractivity contribution in [3.8, 4) is 5.75 Å². The Labute approximate surface area is 190 Å². The van der Waals surface area contributed by atoms with Crippen LogP contribution >= 0.6 is 0 Å². The third-order valence-corrected chi connectivity index (χ3v) is 5.62. The highest BCUT2D eigenvalue weighted by atomic mass is 16.5. The van der Waals surface area contributed by atoms with E-state index in [4.69, 9.17) is 4.74 Å². The highest BCUT2D eigenvalue weighted by Gasteiger charge is 2.34. The second-order valence-electron chi connectivity index (χ2n) is 8.30. The van der Waals surface area contributed by atoms with Gasteiger partial charge in [0.15, 0.2) is 0 Å². The largest absolute Gasteiger partial charge is 0.494 e. The Morgan fingerprint density at radius 1 is 0.938 bits per heavy atom. The molecule has 0 unspecified atom stereocenters. The van der Waals surface area contributed by atoms with Gasteiger partial charge in [-0.05, 0) is 79.4 Å². The van der Waals surface area contributed by atoms with Gasteiger partial charge in [-0.15, -0.1) is 0 Å². The number of amides is 1. The molecule has 4 nitrogen and oxygen atoms in total. The second-order valence-corrected chi connectivity index (χ2v) is 8.30. The molecule has 0 aromatic heterocycles. The van der Waals surface area contributed by atoms with Gasteiger partial charge < -0.3 is 10.1 Å². The normalized spacial score (nSPS) is 15.6. The van der Waals surface area contributed by atoms with Crippen LogP contribution in [-0.4, -0.2) is 12.5 Å². The summed E-state index contributed by atoms with van der Waals surface area (Å²) in [5.41, 5.74) is 5.70. The number of benzene rings is 3. The summed E-state index contributed by atoms with van der Waals surface area (Å²) in [5.74, 6) is 0.820. The van der Waals surface area contributed by atoms with Crippen LogP contribution in [0.2, 0.25) is 0 Å². The summed E-state index contributed by atoms with van der Waals surface area (Å²) in [6.45, 7) is 6.96. The molecule has 0 fully saturated rings. The number of nitrogens with zero attached hydrogens (tertiary/aromatic N) is 1. The lowest BCUT2D eigenvalue weighted by atomic mass is 10.1. The fourth-order valence-electron chi connectivity index (χ4n) is 3.93. The summed E-state index contributed by atoms with van der Waals surface area (Å²) in [6, 6.07) is 24.0. The van der Waals surface area contributed by atoms with E-state index in [9.17, 15) is 4.79 Å². The highest BCUT2D eigenvalue weighted by molar-refractivity contribution is 6.11. The Morgan fingerprint density at radius 3 is 2.34 bits per heavy atom. The van der Waals surface area contributed by atoms with Crippen LogP contribution in [-0.2, 0) is 4.79 Å². The molecule has 1 aliphatic rings. The molecule has 1 atom stereocenters. The van der Waals surface area contributed by atoms with E-state index in [-0.39, 0.29) is 11.9 Å². The molecule has 0 bridgehead atoms. The average Bonchev–Trinajstić information content (AvgIpc) is 3.10. The smallest absolute Gasteiger partial charge is 0.275 e. The third kappa shape index (κ3) is 4.86. The molecular formula is C28H30N2O2. The fourth-order valence-corrected chi connectivity index (χ4v) is 3.93. The summed E-state index contributed by atoms with van der Waals surface area (Å²) < 4.78 is 5.82. The molecule has 1 heterocycles. The van der Waals surface area contributed by atoms with E-state index >= 15 is 0 Å². The minimum Gasteiger partial charge on any atom is -0.494 e. The summed E-state index contributed by atoms with van der Waals surface area (Å²) >= 11 is 0. The van der Waals surface area contributed by atoms with Crippen LogP contribution in [0.5, 0.6) is 5.75 Å². The van der Waals surface area contributed by atoms with Crippen LogP contribution in [0.4, 0.5) is 11.4 Å². The Kier molecular flexibility index (Phi) is 6.60. The zero-order valence-corrected chi connectivity index (χ0v) is 19.0. The van der Waals surface area contributed by atoms with Crippen molar-refractivity contribution in [1.29, 1.82) is 0 Å². The van der Waals surface area contributed by atoms with E-state index in [1.807, 2.05) is 91.6 Å². The van der Waals surface area contributed by atoms with Gasteiger partial charge in [0.25, 0.3) is 5.91 Å². The number of ether oxygens (including phenoxy) is 1. The molecule has 164 valence electrons. The predicted molar refractivity (Wildman–Crippen MR) is 131 cm³/mol. The van der Waals surface area contributed by atoms with Gasteiger partial charge in [0.2, 0.25) is 0 Å². The summed E-state index contributed by atoms with van der Waals surface area (Å²) in [6.07, 6.45) is 4.16. The first-order valence-corrected chi connectivity index (χ1v) is 11.2. The van der Waals surface area contributed by atoms with E-state index in [1.165, 1.54) is 0 Å². The molecule has 0 radical (unpaired) electrons. The number of nitrogens with one attached hydrogen (secondary N) is 1. The average molecular weight is 427 g/mol. The van der Waals surface area contributed by atoms with Gasteiger partial charge in [-0.1, -0.05) is 49.7 Å². The lowest BCUT2D eigenvalue weighted by Gasteiger charge is -2.26. The SMILES string of the molecule is CCCCOc1ccc([C@H]2C=C(Nc3cccc(C)c3)C(=O)N2c2cccc(C)c2)cc1.